The highest BCUT2D eigenvalue weighted by atomic mass is 35.5. The van der Waals surface area contributed by atoms with Crippen molar-refractivity contribution in [1.29, 1.82) is 0 Å². The van der Waals surface area contributed by atoms with Crippen molar-refractivity contribution in [2.24, 2.45) is 0 Å². The van der Waals surface area contributed by atoms with Crippen molar-refractivity contribution in [3.63, 3.8) is 0 Å². The smallest absolute Gasteiger partial charge is 0.201 e. The number of aromatic amines is 1. The zero-order valence-corrected chi connectivity index (χ0v) is 12.5. The summed E-state index contributed by atoms with van der Waals surface area (Å²) in [5.41, 5.74) is 2.48. The highest BCUT2D eigenvalue weighted by molar-refractivity contribution is 6.34. The van der Waals surface area contributed by atoms with Crippen molar-refractivity contribution in [2.45, 2.75) is 6.10 Å². The number of aromatic nitrogens is 2. The Morgan fingerprint density at radius 1 is 1.14 bits per heavy atom. The molecule has 2 aromatic carbocycles. The van der Waals surface area contributed by atoms with Crippen LogP contribution < -0.4 is 5.32 Å². The number of nitrogens with one attached hydrogen (secondary N) is 2. The lowest BCUT2D eigenvalue weighted by molar-refractivity contribution is 0.191. The Morgan fingerprint density at radius 2 is 1.86 bits per heavy atom. The molecule has 3 rings (SSSR count). The van der Waals surface area contributed by atoms with Gasteiger partial charge in [0.05, 0.1) is 17.1 Å². The maximum Gasteiger partial charge on any atom is 0.201 e. The van der Waals surface area contributed by atoms with Gasteiger partial charge in [-0.3, -0.25) is 0 Å². The van der Waals surface area contributed by atoms with Gasteiger partial charge in [0, 0.05) is 16.6 Å². The first-order valence-corrected chi connectivity index (χ1v) is 7.20. The number of fused-ring (bicyclic) bond motifs is 1. The molecule has 6 heteroatoms. The van der Waals surface area contributed by atoms with Crippen LogP contribution in [0.1, 0.15) is 11.7 Å². The Labute approximate surface area is 131 Å². The average Bonchev–Trinajstić information content (AvgIpc) is 2.86. The zero-order valence-electron chi connectivity index (χ0n) is 11.0. The Morgan fingerprint density at radius 3 is 2.57 bits per heavy atom. The molecule has 1 unspecified atom stereocenters. The van der Waals surface area contributed by atoms with E-state index in [9.17, 15) is 5.11 Å². The molecule has 0 aliphatic carbocycles. The van der Waals surface area contributed by atoms with Gasteiger partial charge in [-0.2, -0.15) is 0 Å². The van der Waals surface area contributed by atoms with Crippen LogP contribution >= 0.6 is 23.2 Å². The van der Waals surface area contributed by atoms with E-state index in [0.717, 1.165) is 11.0 Å². The first-order valence-electron chi connectivity index (χ1n) is 6.44. The van der Waals surface area contributed by atoms with Crippen molar-refractivity contribution in [3.8, 4) is 0 Å². The summed E-state index contributed by atoms with van der Waals surface area (Å²) in [7, 11) is 0. The van der Waals surface area contributed by atoms with E-state index in [4.69, 9.17) is 23.2 Å². The molecule has 0 aliphatic rings. The van der Waals surface area contributed by atoms with Gasteiger partial charge in [0.25, 0.3) is 0 Å². The number of halogens is 2. The summed E-state index contributed by atoms with van der Waals surface area (Å²) in [6.45, 7) is 0.302. The molecule has 0 saturated heterocycles. The predicted octanol–water partition coefficient (Wildman–Crippen LogP) is 4.02. The van der Waals surface area contributed by atoms with Crippen molar-refractivity contribution in [2.75, 3.05) is 11.9 Å². The minimum Gasteiger partial charge on any atom is -0.387 e. The number of anilines is 1. The van der Waals surface area contributed by atoms with Crippen molar-refractivity contribution in [3.05, 3.63) is 58.1 Å². The molecule has 0 fully saturated rings. The highest BCUT2D eigenvalue weighted by Gasteiger charge is 2.10. The standard InChI is InChI=1S/C15H13Cl2N3O/c16-10-5-9(6-11(17)7-10)14(21)8-18-15-19-12-3-1-2-4-13(12)20-15/h1-7,14,21H,8H2,(H2,18,19,20). The number of hydrogen-bond donors (Lipinski definition) is 3. The van der Waals surface area contributed by atoms with Gasteiger partial charge in [0.15, 0.2) is 0 Å². The van der Waals surface area contributed by atoms with Gasteiger partial charge in [-0.05, 0) is 35.9 Å². The molecule has 4 nitrogen and oxygen atoms in total. The fourth-order valence-corrected chi connectivity index (χ4v) is 2.66. The minimum absolute atomic E-state index is 0.302. The van der Waals surface area contributed by atoms with Crippen molar-refractivity contribution < 1.29 is 5.11 Å². The number of benzene rings is 2. The quantitative estimate of drug-likeness (QED) is 0.680. The molecular weight excluding hydrogens is 309 g/mol. The van der Waals surface area contributed by atoms with E-state index in [1.54, 1.807) is 18.2 Å². The molecule has 1 atom stereocenters. The molecule has 3 N–H and O–H groups in total. The number of nitrogens with zero attached hydrogens (tertiary/aromatic N) is 1. The Bertz CT molecular complexity index is 719. The molecule has 0 spiro atoms. The number of aliphatic hydroxyl groups excluding tert-OH is 1. The van der Waals surface area contributed by atoms with Crippen LogP contribution in [-0.4, -0.2) is 21.6 Å². The van der Waals surface area contributed by atoms with Crippen molar-refractivity contribution in [1.82, 2.24) is 9.97 Å². The van der Waals surface area contributed by atoms with Gasteiger partial charge in [0.1, 0.15) is 0 Å². The van der Waals surface area contributed by atoms with Crippen LogP contribution in [0.25, 0.3) is 11.0 Å². The lowest BCUT2D eigenvalue weighted by Gasteiger charge is -2.12. The molecule has 21 heavy (non-hydrogen) atoms. The average molecular weight is 322 g/mol. The van der Waals surface area contributed by atoms with E-state index in [0.29, 0.717) is 28.1 Å². The highest BCUT2D eigenvalue weighted by Crippen LogP contribution is 2.24. The molecule has 0 bridgehead atoms. The van der Waals surface area contributed by atoms with Crippen LogP contribution in [0.4, 0.5) is 5.95 Å². The first-order chi connectivity index (χ1) is 10.1. The third-order valence-corrected chi connectivity index (χ3v) is 3.56. The molecule has 1 heterocycles. The minimum atomic E-state index is -0.727. The van der Waals surface area contributed by atoms with Crippen LogP contribution in [0.2, 0.25) is 10.0 Å². The fourth-order valence-electron chi connectivity index (χ4n) is 2.12. The van der Waals surface area contributed by atoms with Crippen LogP contribution in [0.3, 0.4) is 0 Å². The number of rotatable bonds is 4. The van der Waals surface area contributed by atoms with E-state index in [1.807, 2.05) is 24.3 Å². The summed E-state index contributed by atoms with van der Waals surface area (Å²) < 4.78 is 0. The van der Waals surface area contributed by atoms with Crippen LogP contribution in [0, 0.1) is 0 Å². The van der Waals surface area contributed by atoms with Gasteiger partial charge in [0.2, 0.25) is 5.95 Å². The fraction of sp³-hybridized carbons (Fsp3) is 0.133. The predicted molar refractivity (Wildman–Crippen MR) is 86.0 cm³/mol. The monoisotopic (exact) mass is 321 g/mol. The molecule has 0 radical (unpaired) electrons. The Kier molecular flexibility index (Phi) is 4.01. The largest absolute Gasteiger partial charge is 0.387 e. The van der Waals surface area contributed by atoms with Gasteiger partial charge >= 0.3 is 0 Å². The molecule has 108 valence electrons. The number of H-pyrrole nitrogens is 1. The van der Waals surface area contributed by atoms with Crippen LogP contribution in [-0.2, 0) is 0 Å². The summed E-state index contributed by atoms with van der Waals surface area (Å²) in [6, 6.07) is 12.7. The summed E-state index contributed by atoms with van der Waals surface area (Å²) in [5, 5.41) is 14.3. The third-order valence-electron chi connectivity index (χ3n) is 3.12. The lowest BCUT2D eigenvalue weighted by atomic mass is 10.1. The topological polar surface area (TPSA) is 60.9 Å². The number of hydrogen-bond acceptors (Lipinski definition) is 3. The van der Waals surface area contributed by atoms with Crippen LogP contribution in [0.15, 0.2) is 42.5 Å². The maximum absolute atomic E-state index is 10.2. The summed E-state index contributed by atoms with van der Waals surface area (Å²) in [6.07, 6.45) is -0.727. The molecule has 0 saturated carbocycles. The Hall–Kier alpha value is -1.75. The van der Waals surface area contributed by atoms with Gasteiger partial charge in [-0.15, -0.1) is 0 Å². The van der Waals surface area contributed by atoms with Crippen LogP contribution in [0.5, 0.6) is 0 Å². The normalized spacial score (nSPS) is 12.5. The number of imidazole rings is 1. The molecule has 3 aromatic rings. The van der Waals surface area contributed by atoms with Gasteiger partial charge < -0.3 is 15.4 Å². The second-order valence-corrected chi connectivity index (χ2v) is 5.57. The van der Waals surface area contributed by atoms with Crippen molar-refractivity contribution >= 4 is 40.2 Å². The summed E-state index contributed by atoms with van der Waals surface area (Å²) >= 11 is 11.9. The third kappa shape index (κ3) is 3.29. The maximum atomic E-state index is 10.2. The lowest BCUT2D eigenvalue weighted by Crippen LogP contribution is -2.13. The molecule has 0 amide bonds. The van der Waals surface area contributed by atoms with Gasteiger partial charge in [-0.25, -0.2) is 4.98 Å². The Balaban J connectivity index is 1.71. The second kappa shape index (κ2) is 5.93. The van der Waals surface area contributed by atoms with Gasteiger partial charge in [-0.1, -0.05) is 35.3 Å². The molecule has 0 aliphatic heterocycles. The summed E-state index contributed by atoms with van der Waals surface area (Å²) in [4.78, 5) is 7.52. The molecular formula is C15H13Cl2N3O. The zero-order chi connectivity index (χ0) is 14.8. The first kappa shape index (κ1) is 14.2. The summed E-state index contributed by atoms with van der Waals surface area (Å²) in [5.74, 6) is 0.614. The van der Waals surface area contributed by atoms with E-state index in [1.165, 1.54) is 0 Å². The number of para-hydroxylation sites is 2. The van der Waals surface area contributed by atoms with E-state index in [2.05, 4.69) is 15.3 Å². The SMILES string of the molecule is OC(CNc1nc2ccccc2[nH]1)c1cc(Cl)cc(Cl)c1. The van der Waals surface area contributed by atoms with E-state index < -0.39 is 6.10 Å². The second-order valence-electron chi connectivity index (χ2n) is 4.70. The number of aliphatic hydroxyl groups is 1. The van der Waals surface area contributed by atoms with E-state index in [-0.39, 0.29) is 0 Å². The molecule has 1 aromatic heterocycles. The van der Waals surface area contributed by atoms with E-state index >= 15 is 0 Å².